The Morgan fingerprint density at radius 1 is 1.44 bits per heavy atom. The number of aromatic nitrogens is 2. The van der Waals surface area contributed by atoms with Crippen molar-refractivity contribution in [3.8, 4) is 11.3 Å². The third kappa shape index (κ3) is 3.48. The van der Waals surface area contributed by atoms with E-state index >= 15 is 0 Å². The van der Waals surface area contributed by atoms with Gasteiger partial charge in [0, 0.05) is 21.5 Å². The monoisotopic (exact) mass is 374 g/mol. The summed E-state index contributed by atoms with van der Waals surface area (Å²) in [6.07, 6.45) is 4.81. The average Bonchev–Trinajstić information content (AvgIpc) is 3.11. The number of carbonyl (C=O) groups is 2. The molecule has 7 heteroatoms. The van der Waals surface area contributed by atoms with Crippen molar-refractivity contribution in [3.63, 3.8) is 0 Å². The summed E-state index contributed by atoms with van der Waals surface area (Å²) in [6, 6.07) is 6.14. The minimum atomic E-state index is -0.275. The van der Waals surface area contributed by atoms with Gasteiger partial charge in [0.25, 0.3) is 0 Å². The third-order valence-corrected chi connectivity index (χ3v) is 5.54. The van der Waals surface area contributed by atoms with Crippen LogP contribution in [0.15, 0.2) is 29.3 Å². The first-order chi connectivity index (χ1) is 12.1. The van der Waals surface area contributed by atoms with E-state index in [1.165, 1.54) is 11.3 Å². The van der Waals surface area contributed by atoms with Crippen LogP contribution < -0.4 is 0 Å². The van der Waals surface area contributed by atoms with E-state index in [1.54, 1.807) is 29.3 Å². The highest BCUT2D eigenvalue weighted by atomic mass is 32.2. The number of thiazole rings is 1. The molecule has 1 aromatic carbocycles. The van der Waals surface area contributed by atoms with E-state index in [-0.39, 0.29) is 12.4 Å². The van der Waals surface area contributed by atoms with Crippen molar-refractivity contribution in [3.05, 3.63) is 40.5 Å². The number of aldehydes is 1. The zero-order valence-electron chi connectivity index (χ0n) is 14.2. The molecule has 130 valence electrons. The lowest BCUT2D eigenvalue weighted by molar-refractivity contribution is -0.142. The first-order valence-electron chi connectivity index (χ1n) is 7.84. The number of rotatable bonds is 6. The highest BCUT2D eigenvalue weighted by Gasteiger charge is 2.19. The van der Waals surface area contributed by atoms with Gasteiger partial charge < -0.3 is 4.74 Å². The maximum Gasteiger partial charge on any atom is 0.311 e. The number of carbonyl (C=O) groups excluding carboxylic acids is 2. The summed E-state index contributed by atoms with van der Waals surface area (Å²) in [5.41, 5.74) is 3.25. The number of nitrogens with zero attached hydrogens (tertiary/aromatic N) is 2. The summed E-state index contributed by atoms with van der Waals surface area (Å²) < 4.78 is 6.74. The van der Waals surface area contributed by atoms with E-state index in [4.69, 9.17) is 4.74 Å². The summed E-state index contributed by atoms with van der Waals surface area (Å²) >= 11 is 3.02. The fraction of sp³-hybridized carbons (Fsp3) is 0.278. The first kappa shape index (κ1) is 17.7. The Hall–Kier alpha value is -2.12. The second-order valence-corrected chi connectivity index (χ2v) is 7.44. The van der Waals surface area contributed by atoms with Crippen LogP contribution in [0.2, 0.25) is 0 Å². The van der Waals surface area contributed by atoms with Crippen molar-refractivity contribution in [2.45, 2.75) is 25.2 Å². The molecule has 25 heavy (non-hydrogen) atoms. The number of benzene rings is 1. The highest BCUT2D eigenvalue weighted by Crippen LogP contribution is 2.34. The molecule has 0 amide bonds. The number of thioether (sulfide) groups is 1. The third-order valence-electron chi connectivity index (χ3n) is 3.76. The summed E-state index contributed by atoms with van der Waals surface area (Å²) in [5.74, 6) is -0.275. The van der Waals surface area contributed by atoms with E-state index in [1.807, 2.05) is 31.4 Å². The normalized spacial score (nSPS) is 11.0. The summed E-state index contributed by atoms with van der Waals surface area (Å²) in [7, 11) is 0. The molecule has 0 aliphatic rings. The van der Waals surface area contributed by atoms with E-state index in [2.05, 4.69) is 4.98 Å². The predicted molar refractivity (Wildman–Crippen MR) is 101 cm³/mol. The molecule has 2 heterocycles. The summed E-state index contributed by atoms with van der Waals surface area (Å²) in [4.78, 5) is 30.7. The van der Waals surface area contributed by atoms with E-state index < -0.39 is 0 Å². The Morgan fingerprint density at radius 2 is 2.24 bits per heavy atom. The lowest BCUT2D eigenvalue weighted by atomic mass is 10.1. The maximum atomic E-state index is 11.7. The molecule has 0 N–H and O–H groups in total. The lowest BCUT2D eigenvalue weighted by Crippen LogP contribution is -2.06. The minimum Gasteiger partial charge on any atom is -0.466 e. The molecule has 0 atom stereocenters. The quantitative estimate of drug-likeness (QED) is 0.371. The molecule has 3 aromatic rings. The van der Waals surface area contributed by atoms with Crippen molar-refractivity contribution < 1.29 is 14.3 Å². The van der Waals surface area contributed by atoms with Gasteiger partial charge in [0.1, 0.15) is 11.4 Å². The van der Waals surface area contributed by atoms with Gasteiger partial charge in [-0.1, -0.05) is 11.6 Å². The van der Waals surface area contributed by atoms with Crippen LogP contribution in [0.1, 0.15) is 27.9 Å². The van der Waals surface area contributed by atoms with Gasteiger partial charge >= 0.3 is 5.97 Å². The van der Waals surface area contributed by atoms with E-state index in [0.717, 1.165) is 27.2 Å². The smallest absolute Gasteiger partial charge is 0.311 e. The Labute approximate surface area is 154 Å². The van der Waals surface area contributed by atoms with Crippen LogP contribution in [-0.2, 0) is 16.0 Å². The molecule has 3 rings (SSSR count). The Kier molecular flexibility index (Phi) is 5.24. The van der Waals surface area contributed by atoms with Gasteiger partial charge in [-0.15, -0.1) is 23.1 Å². The topological polar surface area (TPSA) is 60.7 Å². The fourth-order valence-corrected chi connectivity index (χ4v) is 4.21. The Balaban J connectivity index is 2.07. The van der Waals surface area contributed by atoms with Crippen molar-refractivity contribution in [1.29, 1.82) is 0 Å². The number of aryl methyl sites for hydroxylation is 1. The molecule has 0 spiro atoms. The van der Waals surface area contributed by atoms with Gasteiger partial charge in [-0.3, -0.25) is 14.0 Å². The fourth-order valence-electron chi connectivity index (χ4n) is 2.66. The first-order valence-corrected chi connectivity index (χ1v) is 9.88. The van der Waals surface area contributed by atoms with Crippen molar-refractivity contribution in [1.82, 2.24) is 9.38 Å². The molecular formula is C18H18N2O3S2. The minimum absolute atomic E-state index is 0.190. The van der Waals surface area contributed by atoms with Crippen LogP contribution in [0.5, 0.6) is 0 Å². The number of hydrogen-bond donors (Lipinski definition) is 0. The molecule has 0 unspecified atom stereocenters. The molecule has 0 fully saturated rings. The largest absolute Gasteiger partial charge is 0.466 e. The molecule has 0 bridgehead atoms. The zero-order chi connectivity index (χ0) is 18.0. The van der Waals surface area contributed by atoms with Crippen LogP contribution in [0.25, 0.3) is 16.2 Å². The summed E-state index contributed by atoms with van der Waals surface area (Å²) in [5, 5.41) is 0. The SMILES string of the molecule is CCOC(=O)Cc1cn2c(C=O)c(-c3cc(C)ccc3SC)nc2s1. The van der Waals surface area contributed by atoms with Gasteiger partial charge in [0.2, 0.25) is 0 Å². The maximum absolute atomic E-state index is 11.7. The highest BCUT2D eigenvalue weighted by molar-refractivity contribution is 7.98. The van der Waals surface area contributed by atoms with E-state index in [0.29, 0.717) is 23.0 Å². The zero-order valence-corrected chi connectivity index (χ0v) is 15.9. The molecule has 2 aromatic heterocycles. The number of ether oxygens (including phenoxy) is 1. The molecule has 0 saturated carbocycles. The molecule has 0 saturated heterocycles. The standard InChI is InChI=1S/C18H18N2O3S2/c1-4-23-16(22)8-12-9-20-14(10-21)17(19-18(20)25-12)13-7-11(2)5-6-15(13)24-3/h5-7,9-10H,4,8H2,1-3H3. The Morgan fingerprint density at radius 3 is 2.92 bits per heavy atom. The van der Waals surface area contributed by atoms with Crippen molar-refractivity contribution >= 4 is 40.3 Å². The summed E-state index contributed by atoms with van der Waals surface area (Å²) in [6.45, 7) is 4.15. The number of hydrogen-bond acceptors (Lipinski definition) is 6. The van der Waals surface area contributed by atoms with Gasteiger partial charge in [0.05, 0.1) is 13.0 Å². The Bertz CT molecular complexity index is 943. The number of fused-ring (bicyclic) bond motifs is 1. The molecule has 0 aliphatic heterocycles. The lowest BCUT2D eigenvalue weighted by Gasteiger charge is -2.07. The van der Waals surface area contributed by atoms with Gasteiger partial charge in [-0.05, 0) is 32.2 Å². The molecule has 0 radical (unpaired) electrons. The van der Waals surface area contributed by atoms with Crippen LogP contribution in [-0.4, -0.2) is 34.5 Å². The molecule has 0 aliphatic carbocycles. The van der Waals surface area contributed by atoms with Gasteiger partial charge in [0.15, 0.2) is 11.2 Å². The van der Waals surface area contributed by atoms with Crippen LogP contribution in [0, 0.1) is 6.92 Å². The second kappa shape index (κ2) is 7.41. The number of esters is 1. The average molecular weight is 374 g/mol. The molecule has 5 nitrogen and oxygen atoms in total. The van der Waals surface area contributed by atoms with Crippen LogP contribution in [0.3, 0.4) is 0 Å². The van der Waals surface area contributed by atoms with Crippen LogP contribution >= 0.6 is 23.1 Å². The van der Waals surface area contributed by atoms with Gasteiger partial charge in [-0.2, -0.15) is 0 Å². The predicted octanol–water partition coefficient (Wildman–Crippen LogP) is 4.01. The van der Waals surface area contributed by atoms with Gasteiger partial charge in [-0.25, -0.2) is 4.98 Å². The van der Waals surface area contributed by atoms with Crippen molar-refractivity contribution in [2.24, 2.45) is 0 Å². The molecular weight excluding hydrogens is 356 g/mol. The van der Waals surface area contributed by atoms with E-state index in [9.17, 15) is 9.59 Å². The van der Waals surface area contributed by atoms with Crippen molar-refractivity contribution in [2.75, 3.05) is 12.9 Å². The second-order valence-electron chi connectivity index (χ2n) is 5.50. The van der Waals surface area contributed by atoms with Crippen LogP contribution in [0.4, 0.5) is 0 Å². The number of imidazole rings is 1.